The Balaban J connectivity index is 2.56. The Bertz CT molecular complexity index is 248. The van der Waals surface area contributed by atoms with Crippen molar-refractivity contribution < 1.29 is 0 Å². The Kier molecular flexibility index (Phi) is 3.95. The lowest BCUT2D eigenvalue weighted by molar-refractivity contribution is 0.730. The molecule has 1 rings (SSSR count). The molecule has 1 aromatic rings. The Morgan fingerprint density at radius 3 is 2.69 bits per heavy atom. The minimum absolute atomic E-state index is 0.384. The zero-order chi connectivity index (χ0) is 9.68. The van der Waals surface area contributed by atoms with Gasteiger partial charge in [0.05, 0.1) is 0 Å². The van der Waals surface area contributed by atoms with Crippen molar-refractivity contribution in [2.24, 2.45) is 0 Å². The van der Waals surface area contributed by atoms with Gasteiger partial charge < -0.3 is 10.6 Å². The van der Waals surface area contributed by atoms with Gasteiger partial charge in [-0.05, 0) is 13.3 Å². The van der Waals surface area contributed by atoms with Gasteiger partial charge in [-0.1, -0.05) is 13.3 Å². The second kappa shape index (κ2) is 5.01. The quantitative estimate of drug-likeness (QED) is 0.786. The Labute approximate surface area is 82.9 Å². The summed E-state index contributed by atoms with van der Waals surface area (Å²) in [5, 5.41) is 0.938. The first-order valence-electron chi connectivity index (χ1n) is 4.62. The van der Waals surface area contributed by atoms with E-state index in [2.05, 4.69) is 28.1 Å². The second-order valence-corrected chi connectivity index (χ2v) is 3.60. The van der Waals surface area contributed by atoms with Crippen LogP contribution in [0.2, 0.25) is 0 Å². The van der Waals surface area contributed by atoms with Crippen LogP contribution in [0.3, 0.4) is 0 Å². The van der Waals surface area contributed by atoms with Crippen LogP contribution in [0.4, 0.5) is 11.1 Å². The van der Waals surface area contributed by atoms with E-state index >= 15 is 0 Å². The molecule has 0 unspecified atom stereocenters. The molecular formula is C8H16N4S. The van der Waals surface area contributed by atoms with Crippen LogP contribution in [0.1, 0.15) is 26.7 Å². The Hall–Kier alpha value is -0.840. The molecule has 0 saturated carbocycles. The molecule has 0 radical (unpaired) electrons. The minimum atomic E-state index is 0.384. The zero-order valence-corrected chi connectivity index (χ0v) is 8.97. The lowest BCUT2D eigenvalue weighted by atomic mass is 10.3. The maximum absolute atomic E-state index is 5.46. The van der Waals surface area contributed by atoms with E-state index in [1.807, 2.05) is 0 Å². The fraction of sp³-hybridized carbons (Fsp3) is 0.750. The van der Waals surface area contributed by atoms with Crippen molar-refractivity contribution in [3.05, 3.63) is 0 Å². The Morgan fingerprint density at radius 1 is 1.46 bits per heavy atom. The first-order chi connectivity index (χ1) is 6.27. The van der Waals surface area contributed by atoms with Gasteiger partial charge in [0.2, 0.25) is 11.1 Å². The van der Waals surface area contributed by atoms with E-state index in [1.165, 1.54) is 24.4 Å². The number of nitrogens with zero attached hydrogens (tertiary/aromatic N) is 3. The molecule has 0 fully saturated rings. The summed E-state index contributed by atoms with van der Waals surface area (Å²) in [5.74, 6) is 0.384. The molecule has 0 atom stereocenters. The molecule has 0 aliphatic carbocycles. The van der Waals surface area contributed by atoms with E-state index in [-0.39, 0.29) is 0 Å². The number of unbranched alkanes of at least 4 members (excludes halogenated alkanes) is 1. The highest BCUT2D eigenvalue weighted by molar-refractivity contribution is 7.09. The summed E-state index contributed by atoms with van der Waals surface area (Å²) in [6.07, 6.45) is 2.39. The van der Waals surface area contributed by atoms with Crippen LogP contribution < -0.4 is 10.6 Å². The fourth-order valence-electron chi connectivity index (χ4n) is 1.09. The summed E-state index contributed by atoms with van der Waals surface area (Å²) in [7, 11) is 0. The van der Waals surface area contributed by atoms with Gasteiger partial charge in [0.1, 0.15) is 0 Å². The number of aromatic nitrogens is 2. The lowest BCUT2D eigenvalue weighted by Gasteiger charge is -2.18. The molecule has 1 heterocycles. The average molecular weight is 200 g/mol. The maximum Gasteiger partial charge on any atom is 0.233 e. The molecule has 0 saturated heterocycles. The molecule has 0 bridgehead atoms. The third kappa shape index (κ3) is 2.84. The number of hydrogen-bond acceptors (Lipinski definition) is 5. The topological polar surface area (TPSA) is 55.0 Å². The van der Waals surface area contributed by atoms with Crippen LogP contribution in [-0.2, 0) is 0 Å². The van der Waals surface area contributed by atoms with Crippen LogP contribution in [0.15, 0.2) is 0 Å². The highest BCUT2D eigenvalue weighted by Crippen LogP contribution is 2.18. The molecule has 0 aliphatic heterocycles. The van der Waals surface area contributed by atoms with Gasteiger partial charge in [-0.15, -0.1) is 0 Å². The average Bonchev–Trinajstić information content (AvgIpc) is 2.54. The molecule has 0 aromatic carbocycles. The van der Waals surface area contributed by atoms with Crippen LogP contribution in [0.5, 0.6) is 0 Å². The largest absolute Gasteiger partial charge is 0.367 e. The second-order valence-electron chi connectivity index (χ2n) is 2.87. The van der Waals surface area contributed by atoms with E-state index < -0.39 is 0 Å². The number of rotatable bonds is 5. The van der Waals surface area contributed by atoms with Crippen molar-refractivity contribution in [3.63, 3.8) is 0 Å². The molecule has 1 aromatic heterocycles. The van der Waals surface area contributed by atoms with Gasteiger partial charge in [-0.3, -0.25) is 0 Å². The van der Waals surface area contributed by atoms with Gasteiger partial charge >= 0.3 is 0 Å². The van der Waals surface area contributed by atoms with E-state index in [1.54, 1.807) is 0 Å². The standard InChI is InChI=1S/C8H16N4S/c1-3-5-6-12(4-2)8-10-7(9)11-13-8/h3-6H2,1-2H3,(H2,9,11). The SMILES string of the molecule is CCCCN(CC)c1nc(N)ns1. The summed E-state index contributed by atoms with van der Waals surface area (Å²) in [4.78, 5) is 6.35. The minimum Gasteiger partial charge on any atom is -0.367 e. The molecule has 5 heteroatoms. The van der Waals surface area contributed by atoms with Crippen molar-refractivity contribution in [2.45, 2.75) is 26.7 Å². The molecule has 0 amide bonds. The van der Waals surface area contributed by atoms with Gasteiger partial charge in [0, 0.05) is 24.6 Å². The third-order valence-electron chi connectivity index (χ3n) is 1.86. The summed E-state index contributed by atoms with van der Waals surface area (Å²) >= 11 is 1.37. The molecule has 0 spiro atoms. The van der Waals surface area contributed by atoms with Gasteiger partial charge in [-0.2, -0.15) is 9.36 Å². The molecular weight excluding hydrogens is 184 g/mol. The third-order valence-corrected chi connectivity index (χ3v) is 2.66. The number of hydrogen-bond donors (Lipinski definition) is 1. The van der Waals surface area contributed by atoms with E-state index in [9.17, 15) is 0 Å². The fourth-order valence-corrected chi connectivity index (χ4v) is 1.78. The van der Waals surface area contributed by atoms with Crippen LogP contribution in [0.25, 0.3) is 0 Å². The molecule has 4 nitrogen and oxygen atoms in total. The monoisotopic (exact) mass is 200 g/mol. The summed E-state index contributed by atoms with van der Waals surface area (Å²) < 4.78 is 3.96. The van der Waals surface area contributed by atoms with E-state index in [0.717, 1.165) is 18.2 Å². The highest BCUT2D eigenvalue weighted by Gasteiger charge is 2.08. The van der Waals surface area contributed by atoms with E-state index in [4.69, 9.17) is 5.73 Å². The number of nitrogen functional groups attached to an aromatic ring is 1. The Morgan fingerprint density at radius 2 is 2.23 bits per heavy atom. The van der Waals surface area contributed by atoms with Crippen LogP contribution in [0, 0.1) is 0 Å². The highest BCUT2D eigenvalue weighted by atomic mass is 32.1. The smallest absolute Gasteiger partial charge is 0.233 e. The maximum atomic E-state index is 5.46. The first kappa shape index (κ1) is 10.2. The molecule has 2 N–H and O–H groups in total. The van der Waals surface area contributed by atoms with E-state index in [0.29, 0.717) is 5.95 Å². The van der Waals surface area contributed by atoms with Crippen molar-refractivity contribution in [1.29, 1.82) is 0 Å². The van der Waals surface area contributed by atoms with Crippen molar-refractivity contribution in [2.75, 3.05) is 23.7 Å². The van der Waals surface area contributed by atoms with Crippen molar-refractivity contribution >= 4 is 22.6 Å². The summed E-state index contributed by atoms with van der Waals surface area (Å²) in [6.45, 7) is 6.31. The number of anilines is 2. The predicted molar refractivity (Wildman–Crippen MR) is 57.1 cm³/mol. The van der Waals surface area contributed by atoms with Gasteiger partial charge in [0.25, 0.3) is 0 Å². The number of nitrogens with two attached hydrogens (primary N) is 1. The normalized spacial score (nSPS) is 10.3. The first-order valence-corrected chi connectivity index (χ1v) is 5.39. The van der Waals surface area contributed by atoms with Crippen LogP contribution in [-0.4, -0.2) is 22.4 Å². The van der Waals surface area contributed by atoms with Gasteiger partial charge in [-0.25, -0.2) is 0 Å². The predicted octanol–water partition coefficient (Wildman–Crippen LogP) is 1.75. The molecule has 13 heavy (non-hydrogen) atoms. The summed E-state index contributed by atoms with van der Waals surface area (Å²) in [6, 6.07) is 0. The van der Waals surface area contributed by atoms with Gasteiger partial charge in [0.15, 0.2) is 0 Å². The van der Waals surface area contributed by atoms with Crippen LogP contribution >= 0.6 is 11.5 Å². The van der Waals surface area contributed by atoms with Crippen molar-refractivity contribution in [1.82, 2.24) is 9.36 Å². The molecule has 74 valence electrons. The van der Waals surface area contributed by atoms with Crippen molar-refractivity contribution in [3.8, 4) is 0 Å². The molecule has 0 aliphatic rings. The lowest BCUT2D eigenvalue weighted by Crippen LogP contribution is -2.23. The summed E-state index contributed by atoms with van der Waals surface area (Å²) in [5.41, 5.74) is 5.46. The zero-order valence-electron chi connectivity index (χ0n) is 8.16.